The number of nitrogens with zero attached hydrogens (tertiary/aromatic N) is 2. The number of hydrogen-bond donors (Lipinski definition) is 1. The summed E-state index contributed by atoms with van der Waals surface area (Å²) in [5.41, 5.74) is 0.704. The summed E-state index contributed by atoms with van der Waals surface area (Å²) >= 11 is 0. The van der Waals surface area contributed by atoms with E-state index in [0.29, 0.717) is 0 Å². The molecule has 0 spiro atoms. The Morgan fingerprint density at radius 1 is 1.27 bits per heavy atom. The monoisotopic (exact) mass is 381 g/mol. The number of sulfonamides is 1. The van der Waals surface area contributed by atoms with Gasteiger partial charge in [0.15, 0.2) is 0 Å². The Bertz CT molecular complexity index is 789. The molecule has 1 aliphatic heterocycles. The van der Waals surface area contributed by atoms with Crippen molar-refractivity contribution in [1.29, 1.82) is 0 Å². The zero-order chi connectivity index (χ0) is 19.7. The molecule has 1 atom stereocenters. The first kappa shape index (κ1) is 20.4. The van der Waals surface area contributed by atoms with Crippen LogP contribution in [-0.2, 0) is 26.2 Å². The van der Waals surface area contributed by atoms with Crippen molar-refractivity contribution in [3.05, 3.63) is 35.4 Å². The normalized spacial score (nSPS) is 21.9. The third kappa shape index (κ3) is 4.42. The van der Waals surface area contributed by atoms with E-state index in [9.17, 15) is 18.0 Å². The van der Waals surface area contributed by atoms with Crippen LogP contribution in [0.2, 0.25) is 0 Å². The molecule has 0 aromatic heterocycles. The molecular formula is C18H27N3O4S. The number of amides is 2. The Morgan fingerprint density at radius 2 is 1.85 bits per heavy atom. The molecule has 0 radical (unpaired) electrons. The van der Waals surface area contributed by atoms with Crippen molar-refractivity contribution in [2.45, 2.75) is 45.8 Å². The number of nitrogens with one attached hydrogen (secondary N) is 1. The van der Waals surface area contributed by atoms with Gasteiger partial charge in [-0.1, -0.05) is 29.8 Å². The van der Waals surface area contributed by atoms with E-state index < -0.39 is 15.6 Å². The molecule has 1 aliphatic rings. The van der Waals surface area contributed by atoms with Crippen LogP contribution in [0.4, 0.5) is 0 Å². The van der Waals surface area contributed by atoms with Gasteiger partial charge < -0.3 is 10.2 Å². The molecule has 0 bridgehead atoms. The minimum atomic E-state index is -3.59. The molecule has 2 amide bonds. The quantitative estimate of drug-likeness (QED) is 0.820. The van der Waals surface area contributed by atoms with E-state index >= 15 is 0 Å². The van der Waals surface area contributed by atoms with Gasteiger partial charge in [-0.2, -0.15) is 4.31 Å². The van der Waals surface area contributed by atoms with Crippen LogP contribution in [0.25, 0.3) is 0 Å². The van der Waals surface area contributed by atoms with Crippen LogP contribution < -0.4 is 5.32 Å². The molecule has 26 heavy (non-hydrogen) atoms. The number of piperazine rings is 1. The second-order valence-corrected chi connectivity index (χ2v) is 9.38. The maximum absolute atomic E-state index is 12.9. The lowest BCUT2D eigenvalue weighted by Crippen LogP contribution is -2.69. The Kier molecular flexibility index (Phi) is 5.77. The Morgan fingerprint density at radius 3 is 2.35 bits per heavy atom. The first-order chi connectivity index (χ1) is 11.9. The second-order valence-electron chi connectivity index (χ2n) is 7.40. The molecule has 1 unspecified atom stereocenters. The molecule has 0 saturated carbocycles. The third-order valence-electron chi connectivity index (χ3n) is 4.53. The summed E-state index contributed by atoms with van der Waals surface area (Å²) < 4.78 is 25.1. The minimum Gasteiger partial charge on any atom is -0.352 e. The maximum Gasteiger partial charge on any atom is 0.247 e. The summed E-state index contributed by atoms with van der Waals surface area (Å²) in [4.78, 5) is 27.1. The number of carbonyl (C=O) groups is 2. The topological polar surface area (TPSA) is 86.8 Å². The highest BCUT2D eigenvalue weighted by molar-refractivity contribution is 7.88. The van der Waals surface area contributed by atoms with Crippen molar-refractivity contribution >= 4 is 21.8 Å². The Balaban J connectivity index is 2.40. The average Bonchev–Trinajstić information content (AvgIpc) is 2.51. The molecule has 1 heterocycles. The molecular weight excluding hydrogens is 354 g/mol. The highest BCUT2D eigenvalue weighted by Gasteiger charge is 2.49. The summed E-state index contributed by atoms with van der Waals surface area (Å²) in [5, 5.41) is 2.82. The second kappa shape index (κ2) is 7.36. The largest absolute Gasteiger partial charge is 0.352 e. The van der Waals surface area contributed by atoms with Gasteiger partial charge in [-0.3, -0.25) is 9.59 Å². The molecule has 1 N–H and O–H groups in total. The smallest absolute Gasteiger partial charge is 0.247 e. The van der Waals surface area contributed by atoms with Crippen molar-refractivity contribution in [1.82, 2.24) is 14.5 Å². The lowest BCUT2D eigenvalue weighted by Gasteiger charge is -2.46. The molecule has 1 fully saturated rings. The van der Waals surface area contributed by atoms with Crippen molar-refractivity contribution in [2.24, 2.45) is 0 Å². The predicted octanol–water partition coefficient (Wildman–Crippen LogP) is 0.882. The van der Waals surface area contributed by atoms with Crippen molar-refractivity contribution in [2.75, 3.05) is 19.3 Å². The van der Waals surface area contributed by atoms with E-state index in [1.165, 1.54) is 4.90 Å². The molecule has 1 saturated heterocycles. The zero-order valence-electron chi connectivity index (χ0n) is 15.9. The summed E-state index contributed by atoms with van der Waals surface area (Å²) in [6, 6.07) is 7.58. The Hall–Kier alpha value is -1.93. The fourth-order valence-electron chi connectivity index (χ4n) is 2.98. The maximum atomic E-state index is 12.9. The van der Waals surface area contributed by atoms with Gasteiger partial charge in [0.1, 0.15) is 5.54 Å². The number of aryl methyl sites for hydroxylation is 1. The van der Waals surface area contributed by atoms with Gasteiger partial charge in [-0.05, 0) is 33.3 Å². The van der Waals surface area contributed by atoms with Crippen LogP contribution in [0.5, 0.6) is 0 Å². The van der Waals surface area contributed by atoms with Gasteiger partial charge in [-0.15, -0.1) is 0 Å². The average molecular weight is 381 g/mol. The van der Waals surface area contributed by atoms with Crippen molar-refractivity contribution < 1.29 is 18.0 Å². The van der Waals surface area contributed by atoms with Crippen LogP contribution in [0, 0.1) is 6.92 Å². The van der Waals surface area contributed by atoms with Crippen LogP contribution >= 0.6 is 0 Å². The minimum absolute atomic E-state index is 0.0675. The van der Waals surface area contributed by atoms with E-state index in [-0.39, 0.29) is 37.5 Å². The number of carbonyl (C=O) groups excluding carboxylic acids is 2. The molecule has 2 rings (SSSR count). The van der Waals surface area contributed by atoms with Crippen LogP contribution in [-0.4, -0.2) is 60.4 Å². The summed E-state index contributed by atoms with van der Waals surface area (Å²) in [6.45, 7) is 7.17. The molecule has 7 nitrogen and oxygen atoms in total. The number of benzene rings is 1. The van der Waals surface area contributed by atoms with Crippen molar-refractivity contribution in [3.63, 3.8) is 0 Å². The van der Waals surface area contributed by atoms with Crippen molar-refractivity contribution in [3.8, 4) is 0 Å². The van der Waals surface area contributed by atoms with Gasteiger partial charge in [0.2, 0.25) is 21.8 Å². The fraction of sp³-hybridized carbons (Fsp3) is 0.556. The summed E-state index contributed by atoms with van der Waals surface area (Å²) in [6.07, 6.45) is 1.05. The molecule has 8 heteroatoms. The first-order valence-electron chi connectivity index (χ1n) is 8.55. The fourth-order valence-corrected chi connectivity index (χ4v) is 3.81. The van der Waals surface area contributed by atoms with E-state index in [2.05, 4.69) is 5.32 Å². The standard InChI is InChI=1S/C18H27N3O4S/c1-13(2)19-17(23)18(4)12-20(26(5,24)25)11-16(22)21(18)10-15-8-6-14(3)7-9-15/h6-9,13H,10-12H2,1-5H3,(H,19,23). The van der Waals surface area contributed by atoms with Crippen LogP contribution in [0.15, 0.2) is 24.3 Å². The highest BCUT2D eigenvalue weighted by Crippen LogP contribution is 2.27. The lowest BCUT2D eigenvalue weighted by atomic mass is 9.94. The third-order valence-corrected chi connectivity index (χ3v) is 5.73. The van der Waals surface area contributed by atoms with E-state index in [4.69, 9.17) is 0 Å². The van der Waals surface area contributed by atoms with E-state index in [0.717, 1.165) is 21.7 Å². The van der Waals surface area contributed by atoms with Crippen LogP contribution in [0.1, 0.15) is 31.9 Å². The zero-order valence-corrected chi connectivity index (χ0v) is 16.8. The predicted molar refractivity (Wildman–Crippen MR) is 99.8 cm³/mol. The van der Waals surface area contributed by atoms with E-state index in [1.54, 1.807) is 6.92 Å². The molecule has 144 valence electrons. The lowest BCUT2D eigenvalue weighted by molar-refractivity contribution is -0.153. The Labute approximate surface area is 155 Å². The molecule has 0 aliphatic carbocycles. The summed E-state index contributed by atoms with van der Waals surface area (Å²) in [5.74, 6) is -0.745. The van der Waals surface area contributed by atoms with Gasteiger partial charge in [0.25, 0.3) is 0 Å². The first-order valence-corrected chi connectivity index (χ1v) is 10.4. The summed E-state index contributed by atoms with van der Waals surface area (Å²) in [7, 11) is -3.59. The van der Waals surface area contributed by atoms with Gasteiger partial charge in [-0.25, -0.2) is 8.42 Å². The van der Waals surface area contributed by atoms with Gasteiger partial charge >= 0.3 is 0 Å². The van der Waals surface area contributed by atoms with E-state index in [1.807, 2.05) is 45.0 Å². The number of hydrogen-bond acceptors (Lipinski definition) is 4. The molecule has 1 aromatic rings. The molecule has 1 aromatic carbocycles. The van der Waals surface area contributed by atoms with Gasteiger partial charge in [0, 0.05) is 19.1 Å². The van der Waals surface area contributed by atoms with Crippen LogP contribution in [0.3, 0.4) is 0 Å². The highest BCUT2D eigenvalue weighted by atomic mass is 32.2. The van der Waals surface area contributed by atoms with Gasteiger partial charge in [0.05, 0.1) is 12.8 Å². The SMILES string of the molecule is Cc1ccc(CN2C(=O)CN(S(C)(=O)=O)CC2(C)C(=O)NC(C)C)cc1. The number of rotatable bonds is 5.